The highest BCUT2D eigenvalue weighted by Gasteiger charge is 2.18. The average molecular weight is 509 g/mol. The maximum absolute atomic E-state index is 13.9. The summed E-state index contributed by atoms with van der Waals surface area (Å²) >= 11 is 2.36. The van der Waals surface area contributed by atoms with Gasteiger partial charge in [0.1, 0.15) is 21.2 Å². The van der Waals surface area contributed by atoms with E-state index in [9.17, 15) is 18.4 Å². The molecular weight excluding hydrogens is 490 g/mol. The second-order valence-electron chi connectivity index (χ2n) is 7.87. The van der Waals surface area contributed by atoms with E-state index in [4.69, 9.17) is 4.98 Å². The van der Waals surface area contributed by atoms with Gasteiger partial charge < -0.3 is 5.32 Å². The van der Waals surface area contributed by atoms with Crippen LogP contribution in [0.2, 0.25) is 0 Å². The van der Waals surface area contributed by atoms with Gasteiger partial charge in [-0.1, -0.05) is 41.6 Å². The Hall–Kier alpha value is -3.63. The predicted molar refractivity (Wildman–Crippen MR) is 135 cm³/mol. The molecule has 0 saturated heterocycles. The molecule has 0 aliphatic heterocycles. The zero-order chi connectivity index (χ0) is 24.5. The van der Waals surface area contributed by atoms with Crippen LogP contribution in [-0.4, -0.2) is 26.2 Å². The third-order valence-electron chi connectivity index (χ3n) is 5.32. The first kappa shape index (κ1) is 23.1. The number of thiophene rings is 1. The molecule has 2 aromatic carbocycles. The summed E-state index contributed by atoms with van der Waals surface area (Å²) in [7, 11) is 0. The molecule has 0 radical (unpaired) electrons. The van der Waals surface area contributed by atoms with Gasteiger partial charge in [0.05, 0.1) is 23.5 Å². The van der Waals surface area contributed by atoms with Crippen molar-refractivity contribution >= 4 is 55.1 Å². The number of rotatable bonds is 6. The first-order valence-electron chi connectivity index (χ1n) is 10.6. The molecule has 0 unspecified atom stereocenters. The Kier molecular flexibility index (Phi) is 6.31. The Balaban J connectivity index is 1.50. The lowest BCUT2D eigenvalue weighted by Gasteiger charge is -2.13. The number of aryl methyl sites for hydroxylation is 1. The summed E-state index contributed by atoms with van der Waals surface area (Å²) in [6.07, 6.45) is 1.66. The molecule has 0 aliphatic carbocycles. The lowest BCUT2D eigenvalue weighted by Crippen LogP contribution is -2.24. The van der Waals surface area contributed by atoms with Gasteiger partial charge in [0.25, 0.3) is 5.56 Å². The molecule has 0 saturated carbocycles. The van der Waals surface area contributed by atoms with Gasteiger partial charge in [0.15, 0.2) is 5.16 Å². The van der Waals surface area contributed by atoms with E-state index in [0.29, 0.717) is 26.3 Å². The Morgan fingerprint density at radius 2 is 1.94 bits per heavy atom. The van der Waals surface area contributed by atoms with Crippen molar-refractivity contribution in [2.45, 2.75) is 18.6 Å². The van der Waals surface area contributed by atoms with Gasteiger partial charge in [-0.3, -0.25) is 14.2 Å². The molecule has 1 amide bonds. The molecule has 0 atom stereocenters. The summed E-state index contributed by atoms with van der Waals surface area (Å²) in [4.78, 5) is 35.8. The smallest absolute Gasteiger partial charge is 0.272 e. The van der Waals surface area contributed by atoms with Crippen molar-refractivity contribution in [2.24, 2.45) is 0 Å². The molecule has 1 N–H and O–H groups in total. The number of thioether (sulfide) groups is 1. The number of carbonyl (C=O) groups is 1. The number of carbonyl (C=O) groups excluding carboxylic acids is 1. The van der Waals surface area contributed by atoms with E-state index in [0.717, 1.165) is 40.4 Å². The minimum Gasteiger partial charge on any atom is -0.323 e. The molecule has 0 aliphatic rings. The molecule has 176 valence electrons. The zero-order valence-electron chi connectivity index (χ0n) is 18.4. The molecule has 5 aromatic rings. The molecule has 0 fully saturated rings. The van der Waals surface area contributed by atoms with Gasteiger partial charge in [0.2, 0.25) is 5.91 Å². The van der Waals surface area contributed by atoms with Crippen LogP contribution in [0, 0.1) is 18.6 Å². The monoisotopic (exact) mass is 508 g/mol. The van der Waals surface area contributed by atoms with Crippen molar-refractivity contribution in [1.82, 2.24) is 14.5 Å². The molecule has 0 spiro atoms. The molecule has 35 heavy (non-hydrogen) atoms. The Morgan fingerprint density at radius 3 is 2.71 bits per heavy atom. The second kappa shape index (κ2) is 9.55. The summed E-state index contributed by atoms with van der Waals surface area (Å²) < 4.78 is 29.1. The van der Waals surface area contributed by atoms with Gasteiger partial charge >= 0.3 is 0 Å². The summed E-state index contributed by atoms with van der Waals surface area (Å²) in [5.74, 6) is -2.22. The highest BCUT2D eigenvalue weighted by molar-refractivity contribution is 7.99. The number of nitrogens with zero attached hydrogens (tertiary/aromatic N) is 3. The minimum absolute atomic E-state index is 0.118. The summed E-state index contributed by atoms with van der Waals surface area (Å²) in [6, 6.07) is 14.4. The van der Waals surface area contributed by atoms with Crippen LogP contribution >= 0.6 is 23.1 Å². The molecule has 3 heterocycles. The summed E-state index contributed by atoms with van der Waals surface area (Å²) in [6.45, 7) is 2.26. The number of amides is 1. The third kappa shape index (κ3) is 4.80. The summed E-state index contributed by atoms with van der Waals surface area (Å²) in [5.41, 5.74) is 2.22. The van der Waals surface area contributed by atoms with E-state index in [1.807, 2.05) is 37.3 Å². The highest BCUT2D eigenvalue weighted by Crippen LogP contribution is 2.30. The zero-order valence-corrected chi connectivity index (χ0v) is 20.1. The van der Waals surface area contributed by atoms with Gasteiger partial charge in [-0.25, -0.2) is 18.7 Å². The SMILES string of the molecule is Cc1ccc(Cn2c(SCC(=O)Nc3ccc(F)cc3F)nc3c(sc4ncccc43)c2=O)cc1. The largest absolute Gasteiger partial charge is 0.323 e. The molecule has 10 heteroatoms. The number of fused-ring (bicyclic) bond motifs is 3. The van der Waals surface area contributed by atoms with Crippen LogP contribution in [0.5, 0.6) is 0 Å². The number of hydrogen-bond acceptors (Lipinski definition) is 6. The van der Waals surface area contributed by atoms with Gasteiger partial charge in [-0.05, 0) is 36.8 Å². The Morgan fingerprint density at radius 1 is 1.14 bits per heavy atom. The van der Waals surface area contributed by atoms with Crippen molar-refractivity contribution in [3.8, 4) is 0 Å². The normalized spacial score (nSPS) is 11.3. The van der Waals surface area contributed by atoms with E-state index in [1.54, 1.807) is 16.8 Å². The van der Waals surface area contributed by atoms with Crippen LogP contribution in [-0.2, 0) is 11.3 Å². The standard InChI is InChI=1S/C25H18F2N4O2S2/c1-14-4-6-15(7-5-14)12-31-24(33)22-21(17-3-2-10-28-23(17)35-22)30-25(31)34-13-20(32)29-19-9-8-16(26)11-18(19)27/h2-11H,12-13H2,1H3,(H,29,32). The first-order valence-corrected chi connectivity index (χ1v) is 12.4. The van der Waals surface area contributed by atoms with Crippen molar-refractivity contribution in [2.75, 3.05) is 11.1 Å². The second-order valence-corrected chi connectivity index (χ2v) is 9.81. The quantitative estimate of drug-likeness (QED) is 0.246. The first-order chi connectivity index (χ1) is 16.9. The van der Waals surface area contributed by atoms with Crippen LogP contribution in [0.4, 0.5) is 14.5 Å². The average Bonchev–Trinajstić information content (AvgIpc) is 3.22. The molecule has 3 aromatic heterocycles. The maximum atomic E-state index is 13.9. The van der Waals surface area contributed by atoms with Crippen LogP contribution in [0.25, 0.3) is 20.4 Å². The van der Waals surface area contributed by atoms with Gasteiger partial charge in [0, 0.05) is 17.6 Å². The molecular formula is C25H18F2N4O2S2. The Labute approximate surface area is 206 Å². The van der Waals surface area contributed by atoms with Crippen LogP contribution < -0.4 is 10.9 Å². The lowest BCUT2D eigenvalue weighted by atomic mass is 10.1. The van der Waals surface area contributed by atoms with Crippen LogP contribution in [0.15, 0.2) is 70.7 Å². The predicted octanol–water partition coefficient (Wildman–Crippen LogP) is 5.37. The number of pyridine rings is 1. The van der Waals surface area contributed by atoms with Crippen molar-refractivity contribution in [3.63, 3.8) is 0 Å². The minimum atomic E-state index is -0.864. The number of nitrogens with one attached hydrogen (secondary N) is 1. The Bertz CT molecular complexity index is 1630. The van der Waals surface area contributed by atoms with E-state index >= 15 is 0 Å². The highest BCUT2D eigenvalue weighted by atomic mass is 32.2. The van der Waals surface area contributed by atoms with E-state index in [-0.39, 0.29) is 23.5 Å². The third-order valence-corrected chi connectivity index (χ3v) is 7.38. The van der Waals surface area contributed by atoms with Gasteiger partial charge in [-0.2, -0.15) is 0 Å². The number of benzene rings is 2. The molecule has 0 bridgehead atoms. The fraction of sp³-hybridized carbons (Fsp3) is 0.120. The number of aromatic nitrogens is 3. The summed E-state index contributed by atoms with van der Waals surface area (Å²) in [5, 5.41) is 3.57. The van der Waals surface area contributed by atoms with Gasteiger partial charge in [-0.15, -0.1) is 11.3 Å². The van der Waals surface area contributed by atoms with E-state index < -0.39 is 17.5 Å². The van der Waals surface area contributed by atoms with E-state index in [1.165, 1.54) is 11.3 Å². The lowest BCUT2D eigenvalue weighted by molar-refractivity contribution is -0.113. The number of hydrogen-bond donors (Lipinski definition) is 1. The molecule has 6 nitrogen and oxygen atoms in total. The number of anilines is 1. The van der Waals surface area contributed by atoms with Crippen molar-refractivity contribution < 1.29 is 13.6 Å². The van der Waals surface area contributed by atoms with Crippen molar-refractivity contribution in [3.05, 3.63) is 93.9 Å². The fourth-order valence-electron chi connectivity index (χ4n) is 3.57. The topological polar surface area (TPSA) is 76.9 Å². The van der Waals surface area contributed by atoms with Crippen molar-refractivity contribution in [1.29, 1.82) is 0 Å². The van der Waals surface area contributed by atoms with Crippen LogP contribution in [0.1, 0.15) is 11.1 Å². The number of halogens is 2. The molecule has 5 rings (SSSR count). The van der Waals surface area contributed by atoms with Crippen LogP contribution in [0.3, 0.4) is 0 Å². The fourth-order valence-corrected chi connectivity index (χ4v) is 5.40. The maximum Gasteiger partial charge on any atom is 0.272 e. The van der Waals surface area contributed by atoms with E-state index in [2.05, 4.69) is 10.3 Å².